The lowest BCUT2D eigenvalue weighted by atomic mass is 10.1. The molecule has 1 aromatic carbocycles. The Morgan fingerprint density at radius 2 is 2.16 bits per heavy atom. The molecule has 32 heavy (non-hydrogen) atoms. The lowest BCUT2D eigenvalue weighted by Crippen LogP contribution is -2.32. The van der Waals surface area contributed by atoms with E-state index >= 15 is 0 Å². The zero-order valence-corrected chi connectivity index (χ0v) is 19.3. The van der Waals surface area contributed by atoms with E-state index in [0.29, 0.717) is 43.4 Å². The van der Waals surface area contributed by atoms with Crippen LogP contribution < -0.4 is 10.1 Å². The van der Waals surface area contributed by atoms with Crippen LogP contribution >= 0.6 is 11.3 Å². The van der Waals surface area contributed by atoms with Gasteiger partial charge in [-0.3, -0.25) is 4.79 Å². The molecule has 0 radical (unpaired) electrons. The van der Waals surface area contributed by atoms with Crippen molar-refractivity contribution in [1.82, 2.24) is 14.9 Å². The predicted molar refractivity (Wildman–Crippen MR) is 124 cm³/mol. The van der Waals surface area contributed by atoms with Crippen molar-refractivity contribution in [2.45, 2.75) is 19.9 Å². The van der Waals surface area contributed by atoms with E-state index in [9.17, 15) is 13.2 Å². The van der Waals surface area contributed by atoms with Gasteiger partial charge in [-0.2, -0.15) is 0 Å². The molecule has 1 N–H and O–H groups in total. The second-order valence-corrected chi connectivity index (χ2v) is 11.5. The monoisotopic (exact) mass is 472 g/mol. The molecule has 2 aliphatic rings. The normalized spacial score (nSPS) is 19.9. The van der Waals surface area contributed by atoms with Crippen molar-refractivity contribution in [2.75, 3.05) is 36.5 Å². The molecule has 2 aliphatic heterocycles. The Labute approximate surface area is 190 Å². The maximum absolute atomic E-state index is 13.4. The Balaban J connectivity index is 1.40. The number of nitrogens with zero attached hydrogens (tertiary/aromatic N) is 3. The number of amides is 1. The van der Waals surface area contributed by atoms with Gasteiger partial charge in [-0.1, -0.05) is 18.2 Å². The van der Waals surface area contributed by atoms with Gasteiger partial charge in [0.2, 0.25) is 0 Å². The Kier molecular flexibility index (Phi) is 5.50. The van der Waals surface area contributed by atoms with Crippen molar-refractivity contribution in [3.8, 4) is 5.75 Å². The summed E-state index contributed by atoms with van der Waals surface area (Å²) >= 11 is 1.37. The number of aromatic nitrogens is 2. The Bertz CT molecular complexity index is 1290. The molecule has 8 nitrogen and oxygen atoms in total. The number of fused-ring (bicyclic) bond motifs is 2. The van der Waals surface area contributed by atoms with E-state index in [1.54, 1.807) is 0 Å². The third-order valence-electron chi connectivity index (χ3n) is 6.05. The number of aryl methyl sites for hydroxylation is 1. The van der Waals surface area contributed by atoms with Crippen LogP contribution in [0.4, 0.5) is 5.82 Å². The highest BCUT2D eigenvalue weighted by Crippen LogP contribution is 2.35. The standard InChI is InChI=1S/C22H24N4O4S2/c1-14-18-20(23-10-15-6-9-32(28,29)12-15)24-13-25-21(18)31-19(14)22(27)26-7-8-30-17-5-3-2-4-16(17)11-26/h2-5,13,15H,6-12H2,1H3,(H,23,24,25). The summed E-state index contributed by atoms with van der Waals surface area (Å²) in [5, 5.41) is 4.14. The van der Waals surface area contributed by atoms with Crippen molar-refractivity contribution < 1.29 is 17.9 Å². The molecular formula is C22H24N4O4S2. The average molecular weight is 473 g/mol. The minimum atomic E-state index is -2.93. The molecule has 1 fully saturated rings. The summed E-state index contributed by atoms with van der Waals surface area (Å²) in [7, 11) is -2.93. The molecule has 2 aromatic heterocycles. The van der Waals surface area contributed by atoms with Gasteiger partial charge in [0.25, 0.3) is 5.91 Å². The van der Waals surface area contributed by atoms with Gasteiger partial charge >= 0.3 is 0 Å². The molecule has 0 aliphatic carbocycles. The number of carbonyl (C=O) groups excluding carboxylic acids is 1. The van der Waals surface area contributed by atoms with E-state index in [0.717, 1.165) is 27.1 Å². The van der Waals surface area contributed by atoms with Crippen LogP contribution in [0.25, 0.3) is 10.2 Å². The van der Waals surface area contributed by atoms with Crippen LogP contribution in [0.3, 0.4) is 0 Å². The first-order chi connectivity index (χ1) is 15.4. The van der Waals surface area contributed by atoms with Crippen LogP contribution in [0.1, 0.15) is 27.2 Å². The fraction of sp³-hybridized carbons (Fsp3) is 0.409. The second-order valence-electron chi connectivity index (χ2n) is 8.29. The van der Waals surface area contributed by atoms with Crippen LogP contribution in [-0.4, -0.2) is 60.4 Å². The van der Waals surface area contributed by atoms with E-state index in [1.165, 1.54) is 17.7 Å². The summed E-state index contributed by atoms with van der Waals surface area (Å²) in [5.74, 6) is 1.95. The topological polar surface area (TPSA) is 101 Å². The number of ether oxygens (including phenoxy) is 1. The van der Waals surface area contributed by atoms with Crippen molar-refractivity contribution in [3.63, 3.8) is 0 Å². The zero-order chi connectivity index (χ0) is 22.3. The van der Waals surface area contributed by atoms with Gasteiger partial charge in [-0.25, -0.2) is 18.4 Å². The summed E-state index contributed by atoms with van der Waals surface area (Å²) in [4.78, 5) is 25.4. The highest BCUT2D eigenvalue weighted by atomic mass is 32.2. The fourth-order valence-electron chi connectivity index (χ4n) is 4.33. The lowest BCUT2D eigenvalue weighted by Gasteiger charge is -2.19. The van der Waals surface area contributed by atoms with E-state index in [4.69, 9.17) is 4.74 Å². The molecule has 1 amide bonds. The number of nitrogens with one attached hydrogen (secondary N) is 1. The summed E-state index contributed by atoms with van der Waals surface area (Å²) < 4.78 is 29.3. The van der Waals surface area contributed by atoms with Gasteiger partial charge in [0, 0.05) is 18.7 Å². The van der Waals surface area contributed by atoms with Crippen molar-refractivity contribution in [1.29, 1.82) is 0 Å². The highest BCUT2D eigenvalue weighted by molar-refractivity contribution is 7.91. The van der Waals surface area contributed by atoms with Crippen LogP contribution in [0.5, 0.6) is 5.75 Å². The quantitative estimate of drug-likeness (QED) is 0.623. The maximum Gasteiger partial charge on any atom is 0.264 e. The maximum atomic E-state index is 13.4. The molecule has 3 aromatic rings. The van der Waals surface area contributed by atoms with Crippen molar-refractivity contribution in [2.24, 2.45) is 5.92 Å². The largest absolute Gasteiger partial charge is 0.491 e. The number of sulfone groups is 1. The molecule has 1 unspecified atom stereocenters. The summed E-state index contributed by atoms with van der Waals surface area (Å²) in [6.45, 7) is 3.90. The van der Waals surface area contributed by atoms with Gasteiger partial charge in [-0.15, -0.1) is 11.3 Å². The average Bonchev–Trinajstić information content (AvgIpc) is 3.21. The SMILES string of the molecule is Cc1c(C(=O)N2CCOc3ccccc3C2)sc2ncnc(NCC3CCS(=O)(=O)C3)c12. The number of hydrogen-bond donors (Lipinski definition) is 1. The van der Waals surface area contributed by atoms with Gasteiger partial charge in [0.05, 0.1) is 28.3 Å². The smallest absolute Gasteiger partial charge is 0.264 e. The molecule has 5 rings (SSSR count). The Morgan fingerprint density at radius 3 is 2.97 bits per heavy atom. The molecule has 1 saturated heterocycles. The van der Waals surface area contributed by atoms with Gasteiger partial charge in [-0.05, 0) is 30.9 Å². The first-order valence-electron chi connectivity index (χ1n) is 10.6. The van der Waals surface area contributed by atoms with Crippen molar-refractivity contribution in [3.05, 3.63) is 46.6 Å². The van der Waals surface area contributed by atoms with Crippen LogP contribution in [-0.2, 0) is 16.4 Å². The number of para-hydroxylation sites is 1. The first kappa shape index (κ1) is 21.1. The summed E-state index contributed by atoms with van der Waals surface area (Å²) in [6, 6.07) is 7.79. The molecular weight excluding hydrogens is 448 g/mol. The minimum absolute atomic E-state index is 0.0429. The molecule has 0 bridgehead atoms. The van der Waals surface area contributed by atoms with Crippen LogP contribution in [0.15, 0.2) is 30.6 Å². The third kappa shape index (κ3) is 4.04. The van der Waals surface area contributed by atoms with Crippen LogP contribution in [0, 0.1) is 12.8 Å². The van der Waals surface area contributed by atoms with E-state index in [2.05, 4.69) is 15.3 Å². The lowest BCUT2D eigenvalue weighted by molar-refractivity contribution is 0.0737. The summed E-state index contributed by atoms with van der Waals surface area (Å²) in [5.41, 5.74) is 1.83. The number of carbonyl (C=O) groups is 1. The number of rotatable bonds is 4. The molecule has 4 heterocycles. The fourth-order valence-corrected chi connectivity index (χ4v) is 7.30. The van der Waals surface area contributed by atoms with Crippen molar-refractivity contribution >= 4 is 43.1 Å². The van der Waals surface area contributed by atoms with E-state index < -0.39 is 9.84 Å². The third-order valence-corrected chi connectivity index (χ3v) is 9.07. The first-order valence-corrected chi connectivity index (χ1v) is 13.2. The van der Waals surface area contributed by atoms with Gasteiger partial charge < -0.3 is 15.0 Å². The van der Waals surface area contributed by atoms with E-state index in [-0.39, 0.29) is 23.3 Å². The Hall–Kier alpha value is -2.72. The zero-order valence-electron chi connectivity index (χ0n) is 17.7. The Morgan fingerprint density at radius 1 is 1.31 bits per heavy atom. The highest BCUT2D eigenvalue weighted by Gasteiger charge is 2.29. The second kappa shape index (κ2) is 8.32. The number of anilines is 1. The molecule has 0 saturated carbocycles. The van der Waals surface area contributed by atoms with Gasteiger partial charge in [0.1, 0.15) is 29.3 Å². The van der Waals surface area contributed by atoms with E-state index in [1.807, 2.05) is 36.1 Å². The number of hydrogen-bond acceptors (Lipinski definition) is 8. The summed E-state index contributed by atoms with van der Waals surface area (Å²) in [6.07, 6.45) is 2.14. The molecule has 1 atom stereocenters. The molecule has 10 heteroatoms. The number of benzene rings is 1. The van der Waals surface area contributed by atoms with Gasteiger partial charge in [0.15, 0.2) is 9.84 Å². The number of thiophene rings is 1. The predicted octanol–water partition coefficient (Wildman–Crippen LogP) is 2.88. The van der Waals surface area contributed by atoms with Crippen LogP contribution in [0.2, 0.25) is 0 Å². The minimum Gasteiger partial charge on any atom is -0.491 e. The molecule has 0 spiro atoms. The molecule has 168 valence electrons.